The van der Waals surface area contributed by atoms with Crippen molar-refractivity contribution in [3.63, 3.8) is 0 Å². The Morgan fingerprint density at radius 3 is 2.30 bits per heavy atom. The first kappa shape index (κ1) is 11.7. The second kappa shape index (κ2) is 10.9. The second-order valence-electron chi connectivity index (χ2n) is 1.38. The van der Waals surface area contributed by atoms with Gasteiger partial charge in [0.2, 0.25) is 0 Å². The summed E-state index contributed by atoms with van der Waals surface area (Å²) in [6.07, 6.45) is 0.466. The van der Waals surface area contributed by atoms with Gasteiger partial charge in [-0.05, 0) is 0 Å². The van der Waals surface area contributed by atoms with Gasteiger partial charge >= 0.3 is 6.09 Å². The summed E-state index contributed by atoms with van der Waals surface area (Å²) in [5.41, 5.74) is 0. The standard InChI is InChI=1S/C4H7NO2.C2H6O/c1-2-3-5-4(6)7;1-3-2/h2,5H,1,3H2,(H,6,7);1-2H3. The third-order valence-electron chi connectivity index (χ3n) is 0.398. The molecule has 0 aliphatic carbocycles. The van der Waals surface area contributed by atoms with Crippen molar-refractivity contribution in [2.75, 3.05) is 20.8 Å². The molecule has 0 aromatic carbocycles. The highest BCUT2D eigenvalue weighted by Crippen LogP contribution is 1.59. The number of methoxy groups -OCH3 is 1. The molecule has 0 rings (SSSR count). The Morgan fingerprint density at radius 1 is 1.80 bits per heavy atom. The van der Waals surface area contributed by atoms with Crippen LogP contribution < -0.4 is 5.32 Å². The lowest BCUT2D eigenvalue weighted by Crippen LogP contribution is -2.19. The minimum atomic E-state index is -1.01. The van der Waals surface area contributed by atoms with Crippen molar-refractivity contribution in [3.8, 4) is 0 Å². The second-order valence-corrected chi connectivity index (χ2v) is 1.38. The lowest BCUT2D eigenvalue weighted by atomic mass is 10.6. The fraction of sp³-hybridized carbons (Fsp3) is 0.500. The Bertz CT molecular complexity index is 93.0. The van der Waals surface area contributed by atoms with Gasteiger partial charge in [-0.15, -0.1) is 6.58 Å². The highest BCUT2D eigenvalue weighted by atomic mass is 16.4. The number of carbonyl (C=O) groups is 1. The van der Waals surface area contributed by atoms with E-state index < -0.39 is 6.09 Å². The molecule has 0 fully saturated rings. The minimum absolute atomic E-state index is 0.315. The summed E-state index contributed by atoms with van der Waals surface area (Å²) in [7, 11) is 3.25. The maximum absolute atomic E-state index is 9.60. The Labute approximate surface area is 60.5 Å². The topological polar surface area (TPSA) is 58.6 Å². The zero-order chi connectivity index (χ0) is 8.41. The van der Waals surface area contributed by atoms with E-state index in [1.165, 1.54) is 6.08 Å². The number of hydrogen-bond acceptors (Lipinski definition) is 2. The highest BCUT2D eigenvalue weighted by molar-refractivity contribution is 5.64. The Morgan fingerprint density at radius 2 is 2.20 bits per heavy atom. The monoisotopic (exact) mass is 147 g/mol. The van der Waals surface area contributed by atoms with E-state index in [-0.39, 0.29) is 0 Å². The molecule has 2 N–H and O–H groups in total. The van der Waals surface area contributed by atoms with Gasteiger partial charge in [-0.1, -0.05) is 6.08 Å². The molecule has 0 atom stereocenters. The van der Waals surface area contributed by atoms with Crippen molar-refractivity contribution in [3.05, 3.63) is 12.7 Å². The smallest absolute Gasteiger partial charge is 0.404 e. The molecular weight excluding hydrogens is 134 g/mol. The van der Waals surface area contributed by atoms with E-state index in [0.29, 0.717) is 6.54 Å². The van der Waals surface area contributed by atoms with Crippen molar-refractivity contribution < 1.29 is 14.6 Å². The molecule has 0 spiro atoms. The summed E-state index contributed by atoms with van der Waals surface area (Å²) < 4.78 is 4.25. The average molecular weight is 147 g/mol. The van der Waals surface area contributed by atoms with E-state index in [4.69, 9.17) is 5.11 Å². The van der Waals surface area contributed by atoms with Crippen LogP contribution in [0.15, 0.2) is 12.7 Å². The van der Waals surface area contributed by atoms with Gasteiger partial charge in [-0.25, -0.2) is 4.79 Å². The van der Waals surface area contributed by atoms with Crippen molar-refractivity contribution >= 4 is 6.09 Å². The van der Waals surface area contributed by atoms with E-state index in [9.17, 15) is 4.79 Å². The van der Waals surface area contributed by atoms with Crippen molar-refractivity contribution in [1.29, 1.82) is 0 Å². The molecule has 0 aliphatic rings. The van der Waals surface area contributed by atoms with Gasteiger partial charge in [0.1, 0.15) is 0 Å². The molecule has 0 saturated carbocycles. The van der Waals surface area contributed by atoms with Crippen LogP contribution in [-0.2, 0) is 4.74 Å². The molecule has 0 saturated heterocycles. The fourth-order valence-electron chi connectivity index (χ4n) is 0.159. The molecule has 0 bridgehead atoms. The maximum atomic E-state index is 9.60. The lowest BCUT2D eigenvalue weighted by molar-refractivity contribution is 0.195. The van der Waals surface area contributed by atoms with Gasteiger partial charge in [0, 0.05) is 20.8 Å². The third-order valence-corrected chi connectivity index (χ3v) is 0.398. The summed E-state index contributed by atoms with van der Waals surface area (Å²) in [6.45, 7) is 3.62. The van der Waals surface area contributed by atoms with Crippen LogP contribution in [-0.4, -0.2) is 32.0 Å². The molecular formula is C6H13NO3. The fourth-order valence-corrected chi connectivity index (χ4v) is 0.159. The van der Waals surface area contributed by atoms with E-state index in [1.54, 1.807) is 14.2 Å². The van der Waals surface area contributed by atoms with E-state index >= 15 is 0 Å². The average Bonchev–Trinajstić information content (AvgIpc) is 1.85. The molecule has 0 aromatic rings. The number of carboxylic acid groups (broad SMARTS) is 1. The van der Waals surface area contributed by atoms with Crippen molar-refractivity contribution in [2.24, 2.45) is 0 Å². The first-order valence-corrected chi connectivity index (χ1v) is 2.66. The summed E-state index contributed by atoms with van der Waals surface area (Å²) in [6, 6.07) is 0. The van der Waals surface area contributed by atoms with Gasteiger partial charge < -0.3 is 15.2 Å². The Kier molecular flexibility index (Phi) is 12.7. The molecule has 60 valence electrons. The van der Waals surface area contributed by atoms with Gasteiger partial charge in [0.25, 0.3) is 0 Å². The van der Waals surface area contributed by atoms with Crippen molar-refractivity contribution in [1.82, 2.24) is 5.32 Å². The largest absolute Gasteiger partial charge is 0.465 e. The SMILES string of the molecule is C=CCNC(=O)O.COC. The van der Waals surface area contributed by atoms with Crippen LogP contribution in [0.25, 0.3) is 0 Å². The lowest BCUT2D eigenvalue weighted by Gasteiger charge is -1.88. The first-order valence-electron chi connectivity index (χ1n) is 2.66. The maximum Gasteiger partial charge on any atom is 0.404 e. The van der Waals surface area contributed by atoms with Crippen LogP contribution >= 0.6 is 0 Å². The quantitative estimate of drug-likeness (QED) is 0.565. The Balaban J connectivity index is 0. The zero-order valence-corrected chi connectivity index (χ0v) is 6.26. The third kappa shape index (κ3) is 28.2. The van der Waals surface area contributed by atoms with Crippen LogP contribution in [0.4, 0.5) is 4.79 Å². The predicted molar refractivity (Wildman–Crippen MR) is 39.2 cm³/mol. The van der Waals surface area contributed by atoms with Crippen LogP contribution in [0.5, 0.6) is 0 Å². The number of rotatable bonds is 2. The minimum Gasteiger partial charge on any atom is -0.465 e. The van der Waals surface area contributed by atoms with E-state index in [1.807, 2.05) is 0 Å². The van der Waals surface area contributed by atoms with E-state index in [0.717, 1.165) is 0 Å². The predicted octanol–water partition coefficient (Wildman–Crippen LogP) is 0.703. The van der Waals surface area contributed by atoms with Crippen molar-refractivity contribution in [2.45, 2.75) is 0 Å². The van der Waals surface area contributed by atoms with Crippen LogP contribution in [0.2, 0.25) is 0 Å². The van der Waals surface area contributed by atoms with Gasteiger partial charge in [-0.2, -0.15) is 0 Å². The normalized spacial score (nSPS) is 7.00. The molecule has 0 aliphatic heterocycles. The number of nitrogens with one attached hydrogen (secondary N) is 1. The zero-order valence-electron chi connectivity index (χ0n) is 6.26. The number of hydrogen-bond donors (Lipinski definition) is 2. The first-order chi connectivity index (χ1) is 4.68. The van der Waals surface area contributed by atoms with Crippen LogP contribution in [0.3, 0.4) is 0 Å². The van der Waals surface area contributed by atoms with E-state index in [2.05, 4.69) is 16.6 Å². The van der Waals surface area contributed by atoms with Crippen LogP contribution in [0.1, 0.15) is 0 Å². The number of amides is 1. The van der Waals surface area contributed by atoms with Crippen LogP contribution in [0, 0.1) is 0 Å². The molecule has 4 nitrogen and oxygen atoms in total. The summed E-state index contributed by atoms with van der Waals surface area (Å²) in [5.74, 6) is 0. The molecule has 0 radical (unpaired) electrons. The number of ether oxygens (including phenoxy) is 1. The highest BCUT2D eigenvalue weighted by Gasteiger charge is 1.84. The molecule has 0 unspecified atom stereocenters. The molecule has 1 amide bonds. The molecule has 0 aromatic heterocycles. The summed E-state index contributed by atoms with van der Waals surface area (Å²) >= 11 is 0. The summed E-state index contributed by atoms with van der Waals surface area (Å²) in [5, 5.41) is 9.98. The molecule has 0 heterocycles. The summed E-state index contributed by atoms with van der Waals surface area (Å²) in [4.78, 5) is 9.60. The Hall–Kier alpha value is -1.03. The molecule has 4 heteroatoms. The van der Waals surface area contributed by atoms with Gasteiger partial charge in [0.05, 0.1) is 0 Å². The molecule has 10 heavy (non-hydrogen) atoms. The van der Waals surface area contributed by atoms with Gasteiger partial charge in [0.15, 0.2) is 0 Å². The van der Waals surface area contributed by atoms with Gasteiger partial charge in [-0.3, -0.25) is 0 Å².